The molecule has 1 aromatic heterocycles. The number of aliphatic hydroxyl groups excluding tert-OH is 1. The molecule has 0 spiro atoms. The van der Waals surface area contributed by atoms with Crippen LogP contribution in [0.2, 0.25) is 0 Å². The first-order valence-electron chi connectivity index (χ1n) is 12.3. The van der Waals surface area contributed by atoms with E-state index in [9.17, 15) is 28.2 Å². The Labute approximate surface area is 217 Å². The Morgan fingerprint density at radius 1 is 1.00 bits per heavy atom. The Morgan fingerprint density at radius 2 is 1.61 bits per heavy atom. The summed E-state index contributed by atoms with van der Waals surface area (Å²) in [5.74, 6) is -0.229. The third-order valence-electron chi connectivity index (χ3n) is 7.33. The standard InChI is InChI=1S/C30H26F3NO4/c1-18-25(13-14-26(35)22-3-2-4-24(17-22)30(31,32)33)27(38-34-18)21-7-5-19(6-8-21)20-9-11-23(12-10-20)29(15-16-29)28(36)37/h2-12,17,26,35H,13-16H2,1H3,(H,36,37). The van der Waals surface area contributed by atoms with E-state index in [4.69, 9.17) is 4.52 Å². The van der Waals surface area contributed by atoms with Crippen LogP contribution >= 0.6 is 0 Å². The van der Waals surface area contributed by atoms with Crippen LogP contribution in [-0.4, -0.2) is 21.3 Å². The molecule has 196 valence electrons. The Morgan fingerprint density at radius 3 is 2.18 bits per heavy atom. The smallest absolute Gasteiger partial charge is 0.416 e. The fraction of sp³-hybridized carbons (Fsp3) is 0.267. The Balaban J connectivity index is 1.30. The normalized spacial score (nSPS) is 15.3. The number of aliphatic carboxylic acids is 1. The lowest BCUT2D eigenvalue weighted by Crippen LogP contribution is -2.19. The summed E-state index contributed by atoms with van der Waals surface area (Å²) in [5.41, 5.74) is 3.65. The SMILES string of the molecule is Cc1noc(-c2ccc(-c3ccc(C4(C(=O)O)CC4)cc3)cc2)c1CCC(O)c1cccc(C(F)(F)F)c1. The molecule has 1 heterocycles. The molecule has 1 fully saturated rings. The molecule has 0 amide bonds. The van der Waals surface area contributed by atoms with Crippen molar-refractivity contribution in [1.29, 1.82) is 0 Å². The molecule has 0 bridgehead atoms. The largest absolute Gasteiger partial charge is 0.481 e. The molecular weight excluding hydrogens is 495 g/mol. The highest BCUT2D eigenvalue weighted by atomic mass is 19.4. The molecule has 1 atom stereocenters. The van der Waals surface area contributed by atoms with Crippen LogP contribution in [0.4, 0.5) is 13.2 Å². The third kappa shape index (κ3) is 4.96. The molecule has 8 heteroatoms. The summed E-state index contributed by atoms with van der Waals surface area (Å²) < 4.78 is 44.7. The molecule has 5 rings (SSSR count). The summed E-state index contributed by atoms with van der Waals surface area (Å²) in [4.78, 5) is 11.6. The molecule has 4 aromatic rings. The van der Waals surface area contributed by atoms with Crippen LogP contribution < -0.4 is 0 Å². The van der Waals surface area contributed by atoms with Crippen molar-refractivity contribution < 1.29 is 32.7 Å². The number of alkyl halides is 3. The van der Waals surface area contributed by atoms with E-state index in [1.54, 1.807) is 6.92 Å². The molecule has 1 aliphatic rings. The number of benzene rings is 3. The number of aromatic nitrogens is 1. The van der Waals surface area contributed by atoms with Crippen molar-refractivity contribution in [3.63, 3.8) is 0 Å². The van der Waals surface area contributed by atoms with Crippen molar-refractivity contribution in [2.45, 2.75) is 50.3 Å². The van der Waals surface area contributed by atoms with E-state index in [-0.39, 0.29) is 12.0 Å². The average molecular weight is 522 g/mol. The minimum atomic E-state index is -4.47. The lowest BCUT2D eigenvalue weighted by Gasteiger charge is -2.14. The maximum absolute atomic E-state index is 13.0. The zero-order valence-electron chi connectivity index (χ0n) is 20.6. The van der Waals surface area contributed by atoms with Crippen LogP contribution in [0.15, 0.2) is 77.3 Å². The van der Waals surface area contributed by atoms with Crippen molar-refractivity contribution in [3.05, 3.63) is 101 Å². The van der Waals surface area contributed by atoms with E-state index in [0.717, 1.165) is 39.9 Å². The third-order valence-corrected chi connectivity index (χ3v) is 7.33. The molecule has 0 aliphatic heterocycles. The lowest BCUT2D eigenvalue weighted by molar-refractivity contribution is -0.140. The number of nitrogens with zero attached hydrogens (tertiary/aromatic N) is 1. The summed E-state index contributed by atoms with van der Waals surface area (Å²) in [6.45, 7) is 1.79. The van der Waals surface area contributed by atoms with Gasteiger partial charge in [0, 0.05) is 11.1 Å². The summed E-state index contributed by atoms with van der Waals surface area (Å²) in [7, 11) is 0. The number of hydrogen-bond donors (Lipinski definition) is 2. The van der Waals surface area contributed by atoms with Gasteiger partial charge < -0.3 is 14.7 Å². The zero-order valence-corrected chi connectivity index (χ0v) is 20.6. The average Bonchev–Trinajstić information content (AvgIpc) is 3.65. The first kappa shape index (κ1) is 25.7. The van der Waals surface area contributed by atoms with Crippen LogP contribution in [0.5, 0.6) is 0 Å². The lowest BCUT2D eigenvalue weighted by atomic mass is 9.93. The molecule has 38 heavy (non-hydrogen) atoms. The molecule has 1 unspecified atom stereocenters. The maximum Gasteiger partial charge on any atom is 0.416 e. The highest BCUT2D eigenvalue weighted by Crippen LogP contribution is 2.48. The van der Waals surface area contributed by atoms with Crippen molar-refractivity contribution in [2.75, 3.05) is 0 Å². The first-order chi connectivity index (χ1) is 18.1. The number of aliphatic hydroxyl groups is 1. The van der Waals surface area contributed by atoms with Crippen LogP contribution in [0.1, 0.15) is 53.3 Å². The van der Waals surface area contributed by atoms with Crippen LogP contribution in [0, 0.1) is 6.92 Å². The van der Waals surface area contributed by atoms with Crippen molar-refractivity contribution in [1.82, 2.24) is 5.16 Å². The number of carboxylic acid groups (broad SMARTS) is 1. The van der Waals surface area contributed by atoms with Gasteiger partial charge in [-0.3, -0.25) is 4.79 Å². The van der Waals surface area contributed by atoms with Gasteiger partial charge in [-0.25, -0.2) is 0 Å². The van der Waals surface area contributed by atoms with Gasteiger partial charge in [0.25, 0.3) is 0 Å². The van der Waals surface area contributed by atoms with Gasteiger partial charge in [-0.1, -0.05) is 65.8 Å². The van der Waals surface area contributed by atoms with Gasteiger partial charge in [0.15, 0.2) is 5.76 Å². The zero-order chi connectivity index (χ0) is 27.1. The molecular formula is C30H26F3NO4. The van der Waals surface area contributed by atoms with Gasteiger partial charge >= 0.3 is 12.1 Å². The molecule has 0 saturated heterocycles. The summed E-state index contributed by atoms with van der Waals surface area (Å²) >= 11 is 0. The molecule has 2 N–H and O–H groups in total. The van der Waals surface area contributed by atoms with E-state index >= 15 is 0 Å². The van der Waals surface area contributed by atoms with Crippen LogP contribution in [0.25, 0.3) is 22.5 Å². The summed E-state index contributed by atoms with van der Waals surface area (Å²) in [6, 6.07) is 20.0. The topological polar surface area (TPSA) is 83.6 Å². The van der Waals surface area contributed by atoms with Crippen LogP contribution in [0.3, 0.4) is 0 Å². The molecule has 1 aliphatic carbocycles. The van der Waals surface area contributed by atoms with E-state index in [1.165, 1.54) is 12.1 Å². The second-order valence-electron chi connectivity index (χ2n) is 9.80. The second-order valence-corrected chi connectivity index (χ2v) is 9.80. The Kier molecular flexibility index (Phi) is 6.61. The highest BCUT2D eigenvalue weighted by molar-refractivity contribution is 5.85. The van der Waals surface area contributed by atoms with E-state index in [2.05, 4.69) is 5.16 Å². The van der Waals surface area contributed by atoms with Crippen molar-refractivity contribution in [3.8, 4) is 22.5 Å². The van der Waals surface area contributed by atoms with Gasteiger partial charge in [0.05, 0.1) is 22.8 Å². The van der Waals surface area contributed by atoms with Crippen LogP contribution in [-0.2, 0) is 22.8 Å². The minimum Gasteiger partial charge on any atom is -0.481 e. The fourth-order valence-electron chi connectivity index (χ4n) is 4.83. The number of carboxylic acids is 1. The van der Waals surface area contributed by atoms with Gasteiger partial charge in [-0.05, 0) is 67.0 Å². The summed E-state index contributed by atoms with van der Waals surface area (Å²) in [6.07, 6.45) is -3.64. The number of carbonyl (C=O) groups is 1. The maximum atomic E-state index is 13.0. The van der Waals surface area contributed by atoms with E-state index in [1.807, 2.05) is 48.5 Å². The van der Waals surface area contributed by atoms with Gasteiger partial charge in [-0.15, -0.1) is 0 Å². The second kappa shape index (κ2) is 9.76. The monoisotopic (exact) mass is 521 g/mol. The quantitative estimate of drug-likeness (QED) is 0.258. The summed E-state index contributed by atoms with van der Waals surface area (Å²) in [5, 5.41) is 24.2. The molecule has 3 aromatic carbocycles. The predicted molar refractivity (Wildman–Crippen MR) is 135 cm³/mol. The molecule has 1 saturated carbocycles. The number of aryl methyl sites for hydroxylation is 1. The van der Waals surface area contributed by atoms with Crippen molar-refractivity contribution in [2.24, 2.45) is 0 Å². The van der Waals surface area contributed by atoms with E-state index < -0.39 is 29.2 Å². The number of halogens is 3. The van der Waals surface area contributed by atoms with Gasteiger partial charge in [0.1, 0.15) is 0 Å². The number of hydrogen-bond acceptors (Lipinski definition) is 4. The first-order valence-corrected chi connectivity index (χ1v) is 12.3. The Hall–Kier alpha value is -3.91. The van der Waals surface area contributed by atoms with Gasteiger partial charge in [-0.2, -0.15) is 13.2 Å². The van der Waals surface area contributed by atoms with Gasteiger partial charge in [0.2, 0.25) is 0 Å². The minimum absolute atomic E-state index is 0.207. The van der Waals surface area contributed by atoms with E-state index in [0.29, 0.717) is 30.7 Å². The predicted octanol–water partition coefficient (Wildman–Crippen LogP) is 7.12. The molecule has 5 nitrogen and oxygen atoms in total. The highest BCUT2D eigenvalue weighted by Gasteiger charge is 2.51. The number of rotatable bonds is 8. The fourth-order valence-corrected chi connectivity index (χ4v) is 4.83. The molecule has 0 radical (unpaired) electrons. The van der Waals surface area contributed by atoms with Crippen molar-refractivity contribution >= 4 is 5.97 Å². The Bertz CT molecular complexity index is 1450.